The fraction of sp³-hybridized carbons (Fsp3) is 0.667. The minimum absolute atomic E-state index is 0.152. The minimum Gasteiger partial charge on any atom is -0.396 e. The number of hydrogen-bond donors (Lipinski definition) is 2. The lowest BCUT2D eigenvalue weighted by molar-refractivity contribution is -0.135. The highest BCUT2D eigenvalue weighted by molar-refractivity contribution is 5.82. The summed E-state index contributed by atoms with van der Waals surface area (Å²) in [5.41, 5.74) is 1.09. The van der Waals surface area contributed by atoms with Gasteiger partial charge in [0.05, 0.1) is 6.04 Å². The van der Waals surface area contributed by atoms with Crippen LogP contribution in [-0.2, 0) is 11.3 Å². The molecule has 2 heterocycles. The average molecular weight is 319 g/mol. The second-order valence-corrected chi connectivity index (χ2v) is 6.88. The molecule has 1 aliphatic rings. The zero-order valence-corrected chi connectivity index (χ0v) is 14.2. The van der Waals surface area contributed by atoms with Gasteiger partial charge in [0.25, 0.3) is 0 Å². The Labute approximate surface area is 139 Å². The molecular formula is C18H29N3O2. The Hall–Kier alpha value is -1.46. The molecule has 2 rings (SSSR count). The van der Waals surface area contributed by atoms with Crippen molar-refractivity contribution in [3.05, 3.63) is 30.1 Å². The smallest absolute Gasteiger partial charge is 0.239 e. The molecule has 2 N–H and O–H groups in total. The molecule has 5 heteroatoms. The van der Waals surface area contributed by atoms with E-state index in [2.05, 4.69) is 24.1 Å². The summed E-state index contributed by atoms with van der Waals surface area (Å²) in [6, 6.07) is 3.78. The van der Waals surface area contributed by atoms with E-state index in [1.54, 1.807) is 6.20 Å². The number of hydrogen-bond acceptors (Lipinski definition) is 4. The van der Waals surface area contributed by atoms with Crippen LogP contribution in [-0.4, -0.2) is 46.6 Å². The Morgan fingerprint density at radius 2 is 2.17 bits per heavy atom. The third-order valence-electron chi connectivity index (χ3n) is 4.46. The first-order valence-electron chi connectivity index (χ1n) is 8.62. The minimum atomic E-state index is -0.152. The van der Waals surface area contributed by atoms with E-state index in [0.29, 0.717) is 18.4 Å². The molecular weight excluding hydrogens is 290 g/mol. The molecule has 1 aromatic heterocycles. The van der Waals surface area contributed by atoms with Crippen LogP contribution in [0.15, 0.2) is 24.5 Å². The number of aliphatic hydroxyl groups excluding tert-OH is 1. The van der Waals surface area contributed by atoms with Crippen molar-refractivity contribution >= 4 is 5.91 Å². The fourth-order valence-corrected chi connectivity index (χ4v) is 3.04. The number of amides is 1. The monoisotopic (exact) mass is 319 g/mol. The summed E-state index contributed by atoms with van der Waals surface area (Å²) < 4.78 is 0. The van der Waals surface area contributed by atoms with Gasteiger partial charge >= 0.3 is 0 Å². The molecule has 1 unspecified atom stereocenters. The number of likely N-dealkylation sites (tertiary alicyclic amines) is 1. The molecule has 1 fully saturated rings. The molecule has 1 amide bonds. The molecule has 0 spiro atoms. The summed E-state index contributed by atoms with van der Waals surface area (Å²) in [7, 11) is 0. The van der Waals surface area contributed by atoms with Gasteiger partial charge in [0, 0.05) is 38.6 Å². The normalized spacial score (nSPS) is 17.5. The fourth-order valence-electron chi connectivity index (χ4n) is 3.04. The van der Waals surface area contributed by atoms with Gasteiger partial charge in [0.2, 0.25) is 5.91 Å². The zero-order valence-electron chi connectivity index (χ0n) is 14.2. The van der Waals surface area contributed by atoms with E-state index in [1.165, 1.54) is 0 Å². The molecule has 0 saturated carbocycles. The van der Waals surface area contributed by atoms with Crippen LogP contribution in [0.4, 0.5) is 0 Å². The number of piperidine rings is 1. The van der Waals surface area contributed by atoms with Crippen LogP contribution in [0.1, 0.15) is 38.7 Å². The predicted molar refractivity (Wildman–Crippen MR) is 90.7 cm³/mol. The highest BCUT2D eigenvalue weighted by atomic mass is 16.3. The summed E-state index contributed by atoms with van der Waals surface area (Å²) in [6.45, 7) is 6.69. The van der Waals surface area contributed by atoms with E-state index >= 15 is 0 Å². The third-order valence-corrected chi connectivity index (χ3v) is 4.46. The number of carbonyl (C=O) groups excluding carboxylic acids is 1. The van der Waals surface area contributed by atoms with Crippen molar-refractivity contribution in [2.45, 2.75) is 45.7 Å². The number of nitrogens with one attached hydrogen (secondary N) is 1. The average Bonchev–Trinajstić information content (AvgIpc) is 2.58. The second kappa shape index (κ2) is 8.99. The molecule has 0 bridgehead atoms. The topological polar surface area (TPSA) is 65.5 Å². The molecule has 1 saturated heterocycles. The Bertz CT molecular complexity index is 470. The quantitative estimate of drug-likeness (QED) is 0.804. The first-order valence-corrected chi connectivity index (χ1v) is 8.62. The zero-order chi connectivity index (χ0) is 16.7. The van der Waals surface area contributed by atoms with Gasteiger partial charge in [-0.25, -0.2) is 0 Å². The molecule has 5 nitrogen and oxygen atoms in total. The molecule has 1 aliphatic heterocycles. The largest absolute Gasteiger partial charge is 0.396 e. The lowest BCUT2D eigenvalue weighted by Gasteiger charge is -2.34. The maximum absolute atomic E-state index is 12.8. The van der Waals surface area contributed by atoms with Crippen LogP contribution in [0.3, 0.4) is 0 Å². The van der Waals surface area contributed by atoms with Crippen LogP contribution in [0.25, 0.3) is 0 Å². The van der Waals surface area contributed by atoms with Gasteiger partial charge < -0.3 is 15.3 Å². The number of aromatic nitrogens is 1. The van der Waals surface area contributed by atoms with E-state index in [4.69, 9.17) is 0 Å². The van der Waals surface area contributed by atoms with Crippen molar-refractivity contribution in [1.82, 2.24) is 15.2 Å². The van der Waals surface area contributed by atoms with Crippen LogP contribution in [0, 0.1) is 11.8 Å². The number of nitrogens with zero attached hydrogens (tertiary/aromatic N) is 2. The SMILES string of the molecule is CC(C)CC(NCc1cccnc1)C(=O)N1CCC(CO)CC1. The maximum Gasteiger partial charge on any atom is 0.239 e. The Kier molecular flexibility index (Phi) is 6.99. The summed E-state index contributed by atoms with van der Waals surface area (Å²) in [4.78, 5) is 18.9. The van der Waals surface area contributed by atoms with E-state index in [1.807, 2.05) is 23.2 Å². The Balaban J connectivity index is 1.92. The van der Waals surface area contributed by atoms with Crippen molar-refractivity contribution in [3.8, 4) is 0 Å². The lowest BCUT2D eigenvalue weighted by Crippen LogP contribution is -2.49. The molecule has 128 valence electrons. The predicted octanol–water partition coefficient (Wildman–Crippen LogP) is 1.82. The van der Waals surface area contributed by atoms with Crippen LogP contribution >= 0.6 is 0 Å². The molecule has 0 aromatic carbocycles. The van der Waals surface area contributed by atoms with Crippen LogP contribution < -0.4 is 5.32 Å². The van der Waals surface area contributed by atoms with Gasteiger partial charge in [-0.1, -0.05) is 19.9 Å². The van der Waals surface area contributed by atoms with Gasteiger partial charge in [-0.05, 0) is 42.7 Å². The van der Waals surface area contributed by atoms with Gasteiger partial charge in [-0.3, -0.25) is 9.78 Å². The van der Waals surface area contributed by atoms with Gasteiger partial charge in [-0.2, -0.15) is 0 Å². The molecule has 0 radical (unpaired) electrons. The lowest BCUT2D eigenvalue weighted by atomic mass is 9.96. The van der Waals surface area contributed by atoms with E-state index in [-0.39, 0.29) is 18.6 Å². The number of rotatable bonds is 7. The van der Waals surface area contributed by atoms with E-state index < -0.39 is 0 Å². The summed E-state index contributed by atoms with van der Waals surface area (Å²) >= 11 is 0. The molecule has 0 aliphatic carbocycles. The number of pyridine rings is 1. The maximum atomic E-state index is 12.8. The third kappa shape index (κ3) is 5.59. The first-order chi connectivity index (χ1) is 11.1. The molecule has 1 aromatic rings. The number of carbonyl (C=O) groups is 1. The van der Waals surface area contributed by atoms with Gasteiger partial charge in [-0.15, -0.1) is 0 Å². The summed E-state index contributed by atoms with van der Waals surface area (Å²) in [6.07, 6.45) is 6.22. The van der Waals surface area contributed by atoms with Crippen molar-refractivity contribution in [1.29, 1.82) is 0 Å². The second-order valence-electron chi connectivity index (χ2n) is 6.88. The van der Waals surface area contributed by atoms with Gasteiger partial charge in [0.1, 0.15) is 0 Å². The summed E-state index contributed by atoms with van der Waals surface area (Å²) in [5, 5.41) is 12.6. The standard InChI is InChI=1S/C18H29N3O2/c1-14(2)10-17(20-12-16-4-3-7-19-11-16)18(23)21-8-5-15(13-22)6-9-21/h3-4,7,11,14-15,17,20,22H,5-6,8-10,12-13H2,1-2H3. The number of aliphatic hydroxyl groups is 1. The summed E-state index contributed by atoms with van der Waals surface area (Å²) in [5.74, 6) is 1.00. The highest BCUT2D eigenvalue weighted by Crippen LogP contribution is 2.18. The molecule has 23 heavy (non-hydrogen) atoms. The van der Waals surface area contributed by atoms with Gasteiger partial charge in [0.15, 0.2) is 0 Å². The van der Waals surface area contributed by atoms with Crippen LogP contribution in [0.5, 0.6) is 0 Å². The first kappa shape index (κ1) is 17.9. The van der Waals surface area contributed by atoms with Crippen molar-refractivity contribution in [2.75, 3.05) is 19.7 Å². The van der Waals surface area contributed by atoms with Crippen molar-refractivity contribution in [2.24, 2.45) is 11.8 Å². The van der Waals surface area contributed by atoms with Crippen molar-refractivity contribution in [3.63, 3.8) is 0 Å². The Morgan fingerprint density at radius 3 is 2.74 bits per heavy atom. The highest BCUT2D eigenvalue weighted by Gasteiger charge is 2.28. The van der Waals surface area contributed by atoms with E-state index in [9.17, 15) is 9.90 Å². The van der Waals surface area contributed by atoms with E-state index in [0.717, 1.165) is 37.9 Å². The van der Waals surface area contributed by atoms with Crippen LogP contribution in [0.2, 0.25) is 0 Å². The molecule has 1 atom stereocenters. The Morgan fingerprint density at radius 1 is 1.43 bits per heavy atom. The van der Waals surface area contributed by atoms with Crippen molar-refractivity contribution < 1.29 is 9.90 Å².